The van der Waals surface area contributed by atoms with Gasteiger partial charge in [-0.1, -0.05) is 11.6 Å². The highest BCUT2D eigenvalue weighted by molar-refractivity contribution is 9.10. The molecule has 1 aromatic heterocycles. The van der Waals surface area contributed by atoms with Crippen LogP contribution in [-0.4, -0.2) is 15.1 Å². The summed E-state index contributed by atoms with van der Waals surface area (Å²) in [6, 6.07) is 4.20. The second-order valence-electron chi connectivity index (χ2n) is 3.50. The molecule has 0 radical (unpaired) electrons. The van der Waals surface area contributed by atoms with Crippen molar-refractivity contribution in [2.45, 2.75) is 23.9 Å². The maximum atomic E-state index is 6.29. The van der Waals surface area contributed by atoms with E-state index in [0.717, 1.165) is 11.5 Å². The zero-order valence-electron chi connectivity index (χ0n) is 7.96. The molecule has 0 spiro atoms. The Morgan fingerprint density at radius 2 is 2.36 bits per heavy atom. The maximum absolute atomic E-state index is 6.29. The fourth-order valence-corrected chi connectivity index (χ4v) is 2.81. The zero-order valence-corrected chi connectivity index (χ0v) is 10.3. The molecule has 1 atom stereocenters. The van der Waals surface area contributed by atoms with Crippen molar-refractivity contribution in [1.29, 1.82) is 0 Å². The van der Waals surface area contributed by atoms with E-state index in [1.807, 2.05) is 17.0 Å². The van der Waals surface area contributed by atoms with Crippen LogP contribution in [0.1, 0.15) is 13.8 Å². The Morgan fingerprint density at radius 3 is 3.00 bits per heavy atom. The van der Waals surface area contributed by atoms with Crippen molar-refractivity contribution in [3.8, 4) is 0 Å². The Balaban J connectivity index is 2.48. The van der Waals surface area contributed by atoms with Crippen LogP contribution in [0.25, 0.3) is 0 Å². The van der Waals surface area contributed by atoms with Crippen LogP contribution in [-0.2, 0) is 0 Å². The van der Waals surface area contributed by atoms with E-state index < -0.39 is 4.03 Å². The molecule has 0 bridgehead atoms. The molecule has 2 rings (SSSR count). The molecule has 0 saturated carbocycles. The van der Waals surface area contributed by atoms with Crippen LogP contribution in [0.3, 0.4) is 0 Å². The maximum Gasteiger partial charge on any atom is 0.248 e. The predicted molar refractivity (Wildman–Crippen MR) is 63.0 cm³/mol. The van der Waals surface area contributed by atoms with Crippen LogP contribution < -0.4 is 10.2 Å². The number of anilines is 2. The minimum atomic E-state index is -0.752. The van der Waals surface area contributed by atoms with E-state index in [2.05, 4.69) is 40.1 Å². The third-order valence-electron chi connectivity index (χ3n) is 2.13. The zero-order chi connectivity index (χ0) is 10.3. The molecule has 5 heteroatoms. The van der Waals surface area contributed by atoms with Crippen LogP contribution in [0.15, 0.2) is 18.3 Å². The molecule has 1 unspecified atom stereocenters. The third kappa shape index (κ3) is 1.46. The van der Waals surface area contributed by atoms with Crippen molar-refractivity contribution in [2.24, 2.45) is 0 Å². The molecule has 0 saturated heterocycles. The Kier molecular flexibility index (Phi) is 2.35. The molecule has 14 heavy (non-hydrogen) atoms. The monoisotopic (exact) mass is 275 g/mol. The van der Waals surface area contributed by atoms with Gasteiger partial charge in [0.25, 0.3) is 0 Å². The van der Waals surface area contributed by atoms with E-state index in [4.69, 9.17) is 11.6 Å². The summed E-state index contributed by atoms with van der Waals surface area (Å²) in [6.07, 6.45) is 1.75. The molecule has 2 heterocycles. The minimum Gasteiger partial charge on any atom is -0.324 e. The van der Waals surface area contributed by atoms with Crippen LogP contribution in [0.4, 0.5) is 11.5 Å². The number of aromatic nitrogens is 1. The van der Waals surface area contributed by atoms with Crippen molar-refractivity contribution in [3.05, 3.63) is 18.3 Å². The normalized spacial score (nSPS) is 25.1. The molecule has 0 aromatic carbocycles. The highest BCUT2D eigenvalue weighted by Gasteiger charge is 2.41. The Morgan fingerprint density at radius 1 is 1.64 bits per heavy atom. The fraction of sp³-hybridized carbons (Fsp3) is 0.444. The van der Waals surface area contributed by atoms with Crippen molar-refractivity contribution in [1.82, 2.24) is 4.98 Å². The number of rotatable bonds is 1. The molecular weight excluding hydrogens is 265 g/mol. The number of hydrogen-bond donors (Lipinski definition) is 1. The molecule has 76 valence electrons. The summed E-state index contributed by atoms with van der Waals surface area (Å²) in [7, 11) is 0. The topological polar surface area (TPSA) is 28.2 Å². The van der Waals surface area contributed by atoms with Crippen molar-refractivity contribution >= 4 is 39.0 Å². The standard InChI is InChI=1S/C9H11BrClN3/c1-6(2)14-7-4-3-5-12-8(7)13-9(14,10)11/h3-6H,1-2H3,(H,12,13). The summed E-state index contributed by atoms with van der Waals surface area (Å²) in [4.78, 5) is 6.26. The average Bonchev–Trinajstić information content (AvgIpc) is 2.33. The number of pyridine rings is 1. The Hall–Kier alpha value is -0.480. The van der Waals surface area contributed by atoms with E-state index in [0.29, 0.717) is 6.04 Å². The van der Waals surface area contributed by atoms with E-state index >= 15 is 0 Å². The summed E-state index contributed by atoms with van der Waals surface area (Å²) < 4.78 is -0.752. The molecule has 1 aliphatic heterocycles. The first-order valence-electron chi connectivity index (χ1n) is 4.43. The van der Waals surface area contributed by atoms with Crippen LogP contribution in [0.2, 0.25) is 0 Å². The minimum absolute atomic E-state index is 0.296. The van der Waals surface area contributed by atoms with Gasteiger partial charge in [0, 0.05) is 12.2 Å². The highest BCUT2D eigenvalue weighted by Crippen LogP contribution is 2.45. The summed E-state index contributed by atoms with van der Waals surface area (Å²) in [5.41, 5.74) is 1.02. The van der Waals surface area contributed by atoms with Crippen LogP contribution >= 0.6 is 27.5 Å². The van der Waals surface area contributed by atoms with E-state index in [1.54, 1.807) is 6.20 Å². The van der Waals surface area contributed by atoms with Gasteiger partial charge in [-0.3, -0.25) is 0 Å². The first kappa shape index (κ1) is 10.1. The van der Waals surface area contributed by atoms with Gasteiger partial charge in [-0.05, 0) is 41.9 Å². The fourth-order valence-electron chi connectivity index (χ4n) is 1.64. The summed E-state index contributed by atoms with van der Waals surface area (Å²) in [5, 5.41) is 3.10. The average molecular weight is 277 g/mol. The molecular formula is C9H11BrClN3. The van der Waals surface area contributed by atoms with Gasteiger partial charge < -0.3 is 10.2 Å². The van der Waals surface area contributed by atoms with Gasteiger partial charge in [-0.2, -0.15) is 0 Å². The van der Waals surface area contributed by atoms with Gasteiger partial charge >= 0.3 is 0 Å². The molecule has 3 nitrogen and oxygen atoms in total. The van der Waals surface area contributed by atoms with Crippen molar-refractivity contribution in [3.63, 3.8) is 0 Å². The summed E-state index contributed by atoms with van der Waals surface area (Å²) in [5.74, 6) is 0.813. The SMILES string of the molecule is CC(C)N1c2cccnc2NC1(Cl)Br. The summed E-state index contributed by atoms with van der Waals surface area (Å²) >= 11 is 9.72. The highest BCUT2D eigenvalue weighted by atomic mass is 79.9. The Labute approximate surface area is 96.6 Å². The van der Waals surface area contributed by atoms with Gasteiger partial charge in [-0.25, -0.2) is 4.98 Å². The molecule has 0 aliphatic carbocycles. The number of halogens is 2. The lowest BCUT2D eigenvalue weighted by Crippen LogP contribution is -2.44. The lowest BCUT2D eigenvalue weighted by atomic mass is 10.3. The van der Waals surface area contributed by atoms with E-state index in [9.17, 15) is 0 Å². The summed E-state index contributed by atoms with van der Waals surface area (Å²) in [6.45, 7) is 4.17. The smallest absolute Gasteiger partial charge is 0.248 e. The lowest BCUT2D eigenvalue weighted by molar-refractivity contribution is 0.682. The van der Waals surface area contributed by atoms with Gasteiger partial charge in [-0.15, -0.1) is 0 Å². The second-order valence-corrected chi connectivity index (χ2v) is 5.65. The first-order chi connectivity index (χ1) is 6.52. The first-order valence-corrected chi connectivity index (χ1v) is 5.60. The number of alkyl halides is 2. The van der Waals surface area contributed by atoms with Crippen molar-refractivity contribution in [2.75, 3.05) is 10.2 Å². The Bertz CT molecular complexity index is 354. The molecule has 1 aliphatic rings. The second kappa shape index (κ2) is 3.28. The molecule has 1 N–H and O–H groups in total. The van der Waals surface area contributed by atoms with E-state index in [-0.39, 0.29) is 0 Å². The van der Waals surface area contributed by atoms with E-state index in [1.165, 1.54) is 0 Å². The quantitative estimate of drug-likeness (QED) is 0.631. The van der Waals surface area contributed by atoms with Crippen LogP contribution in [0, 0.1) is 0 Å². The van der Waals surface area contributed by atoms with Gasteiger partial charge in [0.2, 0.25) is 4.03 Å². The number of nitrogens with one attached hydrogen (secondary N) is 1. The van der Waals surface area contributed by atoms with Crippen LogP contribution in [0.5, 0.6) is 0 Å². The molecule has 0 amide bonds. The lowest BCUT2D eigenvalue weighted by Gasteiger charge is -2.32. The predicted octanol–water partition coefficient (Wildman–Crippen LogP) is 2.97. The number of fused-ring (bicyclic) bond motifs is 1. The number of nitrogens with zero attached hydrogens (tertiary/aromatic N) is 2. The van der Waals surface area contributed by atoms with Gasteiger partial charge in [0.15, 0.2) is 5.82 Å². The van der Waals surface area contributed by atoms with Crippen molar-refractivity contribution < 1.29 is 0 Å². The van der Waals surface area contributed by atoms with Gasteiger partial charge in [0.05, 0.1) is 5.69 Å². The van der Waals surface area contributed by atoms with Gasteiger partial charge in [0.1, 0.15) is 0 Å². The number of hydrogen-bond acceptors (Lipinski definition) is 3. The third-order valence-corrected chi connectivity index (χ3v) is 2.99. The largest absolute Gasteiger partial charge is 0.324 e. The molecule has 1 aromatic rings. The molecule has 0 fully saturated rings.